The lowest BCUT2D eigenvalue weighted by Gasteiger charge is -2.09. The van der Waals surface area contributed by atoms with Crippen LogP contribution in [0.3, 0.4) is 0 Å². The van der Waals surface area contributed by atoms with Gasteiger partial charge < -0.3 is 10.4 Å². The highest BCUT2D eigenvalue weighted by Gasteiger charge is 2.10. The number of hydrogen-bond donors (Lipinski definition) is 2. The van der Waals surface area contributed by atoms with Gasteiger partial charge in [0.05, 0.1) is 11.3 Å². The maximum atomic E-state index is 13.2. The highest BCUT2D eigenvalue weighted by Crippen LogP contribution is 2.21. The molecule has 2 N–H and O–H groups in total. The Morgan fingerprint density at radius 2 is 2.21 bits per heavy atom. The van der Waals surface area contributed by atoms with E-state index in [0.717, 1.165) is 6.07 Å². The second-order valence-corrected chi connectivity index (χ2v) is 3.66. The maximum absolute atomic E-state index is 13.2. The van der Waals surface area contributed by atoms with E-state index in [1.54, 1.807) is 6.07 Å². The van der Waals surface area contributed by atoms with Crippen molar-refractivity contribution in [1.82, 2.24) is 4.98 Å². The molecule has 94 valence electrons. The van der Waals surface area contributed by atoms with E-state index in [-0.39, 0.29) is 11.1 Å². The summed E-state index contributed by atoms with van der Waals surface area (Å²) < 4.78 is 13.2. The molecule has 0 saturated heterocycles. The van der Waals surface area contributed by atoms with Crippen LogP contribution in [0.2, 0.25) is 0 Å². The quantitative estimate of drug-likeness (QED) is 0.882. The Hall–Kier alpha value is -2.94. The van der Waals surface area contributed by atoms with Gasteiger partial charge in [0.25, 0.3) is 0 Å². The molecule has 0 saturated carbocycles. The van der Waals surface area contributed by atoms with Crippen molar-refractivity contribution in [2.24, 2.45) is 0 Å². The molecule has 2 aromatic rings. The van der Waals surface area contributed by atoms with Gasteiger partial charge in [-0.1, -0.05) is 0 Å². The lowest BCUT2D eigenvalue weighted by molar-refractivity contribution is 0.0697. The number of carbonyl (C=O) groups is 1. The standard InChI is InChI=1S/C13H8FN3O2/c14-11-2-1-9(5-8(11)6-15)17-12-3-4-16-7-10(12)13(18)19/h1-5,7H,(H,16,17)(H,18,19). The van der Waals surface area contributed by atoms with Crippen molar-refractivity contribution in [2.45, 2.75) is 0 Å². The third-order valence-electron chi connectivity index (χ3n) is 2.42. The lowest BCUT2D eigenvalue weighted by Crippen LogP contribution is -2.03. The fourth-order valence-corrected chi connectivity index (χ4v) is 1.52. The molecule has 0 amide bonds. The van der Waals surface area contributed by atoms with Gasteiger partial charge in [0.15, 0.2) is 0 Å². The Balaban J connectivity index is 2.37. The minimum atomic E-state index is -1.13. The minimum absolute atomic E-state index is 0.00895. The topological polar surface area (TPSA) is 86.0 Å². The van der Waals surface area contributed by atoms with Gasteiger partial charge in [0.1, 0.15) is 17.4 Å². The van der Waals surface area contributed by atoms with Gasteiger partial charge in [-0.3, -0.25) is 4.98 Å². The normalized spacial score (nSPS) is 9.68. The van der Waals surface area contributed by atoms with Crippen LogP contribution >= 0.6 is 0 Å². The number of aromatic nitrogens is 1. The summed E-state index contributed by atoms with van der Waals surface area (Å²) in [5.74, 6) is -1.75. The van der Waals surface area contributed by atoms with Crippen molar-refractivity contribution < 1.29 is 14.3 Å². The number of hydrogen-bond acceptors (Lipinski definition) is 4. The Morgan fingerprint density at radius 3 is 2.89 bits per heavy atom. The number of carboxylic acid groups (broad SMARTS) is 1. The van der Waals surface area contributed by atoms with Crippen LogP contribution in [-0.2, 0) is 0 Å². The zero-order valence-corrected chi connectivity index (χ0v) is 9.59. The van der Waals surface area contributed by atoms with Crippen LogP contribution in [-0.4, -0.2) is 16.1 Å². The third-order valence-corrected chi connectivity index (χ3v) is 2.42. The van der Waals surface area contributed by atoms with E-state index in [2.05, 4.69) is 10.3 Å². The Labute approximate surface area is 108 Å². The van der Waals surface area contributed by atoms with Crippen molar-refractivity contribution in [3.8, 4) is 6.07 Å². The number of anilines is 2. The van der Waals surface area contributed by atoms with Gasteiger partial charge >= 0.3 is 5.97 Å². The molecule has 0 spiro atoms. The molecule has 0 aliphatic rings. The molecule has 0 fully saturated rings. The molecule has 0 unspecified atom stereocenters. The summed E-state index contributed by atoms with van der Waals surface area (Å²) >= 11 is 0. The molecule has 0 atom stereocenters. The number of pyridine rings is 1. The SMILES string of the molecule is N#Cc1cc(Nc2ccncc2C(=O)O)ccc1F. The average molecular weight is 257 g/mol. The number of halogens is 1. The van der Waals surface area contributed by atoms with Crippen molar-refractivity contribution in [1.29, 1.82) is 5.26 Å². The van der Waals surface area contributed by atoms with Crippen LogP contribution in [0.15, 0.2) is 36.7 Å². The van der Waals surface area contributed by atoms with Crippen LogP contribution in [0, 0.1) is 17.1 Å². The summed E-state index contributed by atoms with van der Waals surface area (Å²) in [5.41, 5.74) is 0.617. The number of aromatic carboxylic acids is 1. The molecule has 0 aliphatic heterocycles. The first-order valence-corrected chi connectivity index (χ1v) is 5.26. The summed E-state index contributed by atoms with van der Waals surface area (Å²) in [6, 6.07) is 7.07. The first kappa shape index (κ1) is 12.5. The fourth-order valence-electron chi connectivity index (χ4n) is 1.52. The molecule has 0 bridgehead atoms. The highest BCUT2D eigenvalue weighted by molar-refractivity contribution is 5.94. The van der Waals surface area contributed by atoms with E-state index in [0.29, 0.717) is 11.4 Å². The van der Waals surface area contributed by atoms with E-state index in [9.17, 15) is 9.18 Å². The second-order valence-electron chi connectivity index (χ2n) is 3.66. The summed E-state index contributed by atoms with van der Waals surface area (Å²) in [6.45, 7) is 0. The second kappa shape index (κ2) is 5.14. The fraction of sp³-hybridized carbons (Fsp3) is 0. The number of carboxylic acids is 1. The van der Waals surface area contributed by atoms with Crippen LogP contribution in [0.5, 0.6) is 0 Å². The maximum Gasteiger partial charge on any atom is 0.339 e. The molecule has 0 aliphatic carbocycles. The van der Waals surface area contributed by atoms with Crippen LogP contribution in [0.1, 0.15) is 15.9 Å². The predicted molar refractivity (Wildman–Crippen MR) is 65.6 cm³/mol. The molecule has 19 heavy (non-hydrogen) atoms. The van der Waals surface area contributed by atoms with Crippen molar-refractivity contribution in [3.63, 3.8) is 0 Å². The summed E-state index contributed by atoms with van der Waals surface area (Å²) in [4.78, 5) is 14.7. The number of nitriles is 1. The monoisotopic (exact) mass is 257 g/mol. The predicted octanol–water partition coefficient (Wildman–Crippen LogP) is 2.53. The molecular formula is C13H8FN3O2. The summed E-state index contributed by atoms with van der Waals surface area (Å²) in [7, 11) is 0. The van der Waals surface area contributed by atoms with Gasteiger partial charge in [-0.2, -0.15) is 5.26 Å². The van der Waals surface area contributed by atoms with Crippen LogP contribution in [0.4, 0.5) is 15.8 Å². The smallest absolute Gasteiger partial charge is 0.339 e. The first-order chi connectivity index (χ1) is 9.11. The summed E-state index contributed by atoms with van der Waals surface area (Å²) in [6.07, 6.45) is 2.64. The molecule has 1 heterocycles. The van der Waals surface area contributed by atoms with Crippen LogP contribution < -0.4 is 5.32 Å². The largest absolute Gasteiger partial charge is 0.478 e. The molecule has 1 aromatic heterocycles. The van der Waals surface area contributed by atoms with Gasteiger partial charge in [-0.05, 0) is 24.3 Å². The van der Waals surface area contributed by atoms with Gasteiger partial charge in [0.2, 0.25) is 0 Å². The Kier molecular flexibility index (Phi) is 3.39. The molecule has 1 aromatic carbocycles. The van der Waals surface area contributed by atoms with Crippen molar-refractivity contribution >= 4 is 17.3 Å². The third kappa shape index (κ3) is 2.66. The average Bonchev–Trinajstić information content (AvgIpc) is 2.41. The van der Waals surface area contributed by atoms with Crippen molar-refractivity contribution in [2.75, 3.05) is 5.32 Å². The highest BCUT2D eigenvalue weighted by atomic mass is 19.1. The minimum Gasteiger partial charge on any atom is -0.478 e. The van der Waals surface area contributed by atoms with E-state index < -0.39 is 11.8 Å². The molecule has 2 rings (SSSR count). The molecule has 5 nitrogen and oxygen atoms in total. The van der Waals surface area contributed by atoms with Crippen LogP contribution in [0.25, 0.3) is 0 Å². The molecule has 0 radical (unpaired) electrons. The molecule has 6 heteroatoms. The van der Waals surface area contributed by atoms with E-state index >= 15 is 0 Å². The van der Waals surface area contributed by atoms with Gasteiger partial charge in [0, 0.05) is 18.1 Å². The van der Waals surface area contributed by atoms with E-state index in [1.165, 1.54) is 30.6 Å². The Bertz CT molecular complexity index is 680. The first-order valence-electron chi connectivity index (χ1n) is 5.26. The van der Waals surface area contributed by atoms with Gasteiger partial charge in [-0.15, -0.1) is 0 Å². The zero-order valence-electron chi connectivity index (χ0n) is 9.59. The number of nitrogens with zero attached hydrogens (tertiary/aromatic N) is 2. The van der Waals surface area contributed by atoms with E-state index in [4.69, 9.17) is 10.4 Å². The molecular weight excluding hydrogens is 249 g/mol. The van der Waals surface area contributed by atoms with E-state index in [1.807, 2.05) is 0 Å². The van der Waals surface area contributed by atoms with Gasteiger partial charge in [-0.25, -0.2) is 9.18 Å². The lowest BCUT2D eigenvalue weighted by atomic mass is 10.2. The Morgan fingerprint density at radius 1 is 1.42 bits per heavy atom. The number of rotatable bonds is 3. The number of benzene rings is 1. The summed E-state index contributed by atoms with van der Waals surface area (Å²) in [5, 5.41) is 20.5. The number of nitrogens with one attached hydrogen (secondary N) is 1. The zero-order chi connectivity index (χ0) is 13.8. The van der Waals surface area contributed by atoms with Crippen molar-refractivity contribution in [3.05, 3.63) is 53.6 Å².